The van der Waals surface area contributed by atoms with E-state index in [1.807, 2.05) is 28.6 Å². The Bertz CT molecular complexity index is 525. The third-order valence-electron chi connectivity index (χ3n) is 2.27. The quantitative estimate of drug-likeness (QED) is 0.824. The van der Waals surface area contributed by atoms with Crippen LogP contribution in [0.1, 0.15) is 5.69 Å². The van der Waals surface area contributed by atoms with Crippen molar-refractivity contribution in [1.82, 2.24) is 19.3 Å². The van der Waals surface area contributed by atoms with Gasteiger partial charge in [0.05, 0.1) is 25.0 Å². The maximum Gasteiger partial charge on any atom is 0.182 e. The summed E-state index contributed by atoms with van der Waals surface area (Å²) >= 11 is 5.20. The highest BCUT2D eigenvalue weighted by atomic mass is 32.1. The summed E-state index contributed by atoms with van der Waals surface area (Å²) in [6.07, 6.45) is 5.70. The number of nitrogens with one attached hydrogen (secondary N) is 1. The average molecular weight is 238 g/mol. The third-order valence-corrected chi connectivity index (χ3v) is 2.57. The zero-order chi connectivity index (χ0) is 11.5. The van der Waals surface area contributed by atoms with Crippen LogP contribution in [0.4, 0.5) is 0 Å². The summed E-state index contributed by atoms with van der Waals surface area (Å²) in [6, 6.07) is 0. The minimum Gasteiger partial charge on any atom is -0.383 e. The van der Waals surface area contributed by atoms with Crippen LogP contribution < -0.4 is 0 Å². The molecule has 0 atom stereocenters. The number of hydrogen-bond acceptors (Lipinski definition) is 3. The topological polar surface area (TPSA) is 47.8 Å². The van der Waals surface area contributed by atoms with Crippen molar-refractivity contribution in [2.75, 3.05) is 13.7 Å². The Hall–Kier alpha value is -1.40. The van der Waals surface area contributed by atoms with Gasteiger partial charge in [0.25, 0.3) is 0 Å². The standard InChI is InChI=1S/C10H14N4OS/c1-8-6-14(10(16)12-8)9-5-11-13(7-9)3-4-15-2/h5-7H,3-4H2,1-2H3,(H,12,16). The van der Waals surface area contributed by atoms with Crippen LogP contribution >= 0.6 is 12.2 Å². The second kappa shape index (κ2) is 4.63. The lowest BCUT2D eigenvalue weighted by Gasteiger charge is -1.98. The fourth-order valence-electron chi connectivity index (χ4n) is 1.49. The molecule has 0 aromatic carbocycles. The second-order valence-corrected chi connectivity index (χ2v) is 3.95. The summed E-state index contributed by atoms with van der Waals surface area (Å²) in [4.78, 5) is 3.07. The molecule has 0 radical (unpaired) electrons. The van der Waals surface area contributed by atoms with Crippen LogP contribution in [0.2, 0.25) is 0 Å². The van der Waals surface area contributed by atoms with E-state index >= 15 is 0 Å². The van der Waals surface area contributed by atoms with E-state index < -0.39 is 0 Å². The fourth-order valence-corrected chi connectivity index (χ4v) is 1.81. The molecule has 0 amide bonds. The lowest BCUT2D eigenvalue weighted by molar-refractivity contribution is 0.183. The number of nitrogens with zero attached hydrogens (tertiary/aromatic N) is 3. The SMILES string of the molecule is COCCn1cc(-n2cc(C)[nH]c2=S)cn1. The van der Waals surface area contributed by atoms with Crippen LogP contribution in [0.15, 0.2) is 18.6 Å². The van der Waals surface area contributed by atoms with Gasteiger partial charge in [0.15, 0.2) is 4.77 Å². The lowest BCUT2D eigenvalue weighted by Crippen LogP contribution is -2.04. The molecule has 2 aromatic rings. The van der Waals surface area contributed by atoms with E-state index in [-0.39, 0.29) is 0 Å². The van der Waals surface area contributed by atoms with E-state index in [2.05, 4.69) is 10.1 Å². The third kappa shape index (κ3) is 2.23. The molecule has 0 saturated carbocycles. The molecular formula is C10H14N4OS. The normalized spacial score (nSPS) is 10.9. The van der Waals surface area contributed by atoms with Crippen LogP contribution in [0.3, 0.4) is 0 Å². The number of methoxy groups -OCH3 is 1. The predicted molar refractivity (Wildman–Crippen MR) is 63.4 cm³/mol. The van der Waals surface area contributed by atoms with Crippen molar-refractivity contribution < 1.29 is 4.74 Å². The summed E-state index contributed by atoms with van der Waals surface area (Å²) < 4.78 is 9.42. The highest BCUT2D eigenvalue weighted by Crippen LogP contribution is 2.08. The van der Waals surface area contributed by atoms with Gasteiger partial charge >= 0.3 is 0 Å². The Morgan fingerprint density at radius 1 is 1.50 bits per heavy atom. The molecule has 0 fully saturated rings. The van der Waals surface area contributed by atoms with Crippen molar-refractivity contribution in [2.45, 2.75) is 13.5 Å². The lowest BCUT2D eigenvalue weighted by atomic mass is 10.5. The van der Waals surface area contributed by atoms with Crippen LogP contribution in [-0.2, 0) is 11.3 Å². The number of ether oxygens (including phenoxy) is 1. The molecule has 2 rings (SSSR count). The van der Waals surface area contributed by atoms with Gasteiger partial charge in [-0.3, -0.25) is 9.25 Å². The number of imidazole rings is 1. The van der Waals surface area contributed by atoms with E-state index in [1.54, 1.807) is 13.3 Å². The number of aromatic amines is 1. The fraction of sp³-hybridized carbons (Fsp3) is 0.400. The van der Waals surface area contributed by atoms with Gasteiger partial charge in [-0.25, -0.2) is 0 Å². The first-order valence-corrected chi connectivity index (χ1v) is 5.41. The molecule has 2 aromatic heterocycles. The van der Waals surface area contributed by atoms with Crippen molar-refractivity contribution in [3.05, 3.63) is 29.1 Å². The van der Waals surface area contributed by atoms with E-state index in [4.69, 9.17) is 17.0 Å². The minimum absolute atomic E-state index is 0.651. The summed E-state index contributed by atoms with van der Waals surface area (Å²) in [5, 5.41) is 4.24. The molecule has 5 nitrogen and oxygen atoms in total. The highest BCUT2D eigenvalue weighted by Gasteiger charge is 2.03. The van der Waals surface area contributed by atoms with Gasteiger partial charge in [-0.05, 0) is 19.1 Å². The van der Waals surface area contributed by atoms with E-state index in [1.165, 1.54) is 0 Å². The van der Waals surface area contributed by atoms with Gasteiger partial charge < -0.3 is 9.72 Å². The molecule has 2 heterocycles. The van der Waals surface area contributed by atoms with Crippen LogP contribution in [0, 0.1) is 11.7 Å². The number of hydrogen-bond donors (Lipinski definition) is 1. The Kier molecular flexibility index (Phi) is 3.21. The van der Waals surface area contributed by atoms with Crippen LogP contribution in [0.5, 0.6) is 0 Å². The molecule has 0 aliphatic heterocycles. The molecule has 16 heavy (non-hydrogen) atoms. The molecule has 0 spiro atoms. The van der Waals surface area contributed by atoms with Crippen LogP contribution in [0.25, 0.3) is 5.69 Å². The monoisotopic (exact) mass is 238 g/mol. The van der Waals surface area contributed by atoms with Crippen molar-refractivity contribution in [1.29, 1.82) is 0 Å². The first-order valence-electron chi connectivity index (χ1n) is 5.01. The number of aryl methyl sites for hydroxylation is 1. The Morgan fingerprint density at radius 2 is 2.31 bits per heavy atom. The van der Waals surface area contributed by atoms with E-state index in [0.717, 1.165) is 17.9 Å². The zero-order valence-corrected chi connectivity index (χ0v) is 10.1. The predicted octanol–water partition coefficient (Wildman–Crippen LogP) is 1.69. The molecule has 86 valence electrons. The first kappa shape index (κ1) is 11.1. The average Bonchev–Trinajstić information content (AvgIpc) is 2.82. The zero-order valence-electron chi connectivity index (χ0n) is 9.30. The van der Waals surface area contributed by atoms with Crippen molar-refractivity contribution in [3.8, 4) is 5.69 Å². The maximum atomic E-state index is 5.20. The number of rotatable bonds is 4. The molecule has 6 heteroatoms. The Labute approximate surface area is 98.7 Å². The molecule has 0 aliphatic rings. The molecule has 0 unspecified atom stereocenters. The first-order chi connectivity index (χ1) is 7.70. The van der Waals surface area contributed by atoms with Crippen molar-refractivity contribution >= 4 is 12.2 Å². The largest absolute Gasteiger partial charge is 0.383 e. The minimum atomic E-state index is 0.651. The molecular weight excluding hydrogens is 224 g/mol. The maximum absolute atomic E-state index is 5.20. The van der Waals surface area contributed by atoms with Gasteiger partial charge in [0, 0.05) is 25.2 Å². The van der Waals surface area contributed by atoms with Crippen molar-refractivity contribution in [3.63, 3.8) is 0 Å². The summed E-state index contributed by atoms with van der Waals surface area (Å²) in [5.74, 6) is 0. The van der Waals surface area contributed by atoms with Crippen LogP contribution in [-0.4, -0.2) is 33.0 Å². The van der Waals surface area contributed by atoms with Gasteiger partial charge in [-0.15, -0.1) is 0 Å². The molecule has 0 saturated heterocycles. The number of H-pyrrole nitrogens is 1. The summed E-state index contributed by atoms with van der Waals surface area (Å²) in [7, 11) is 1.68. The van der Waals surface area contributed by atoms with E-state index in [0.29, 0.717) is 11.4 Å². The smallest absolute Gasteiger partial charge is 0.182 e. The van der Waals surface area contributed by atoms with Gasteiger partial charge in [0.2, 0.25) is 0 Å². The molecule has 1 N–H and O–H groups in total. The molecule has 0 aliphatic carbocycles. The summed E-state index contributed by atoms with van der Waals surface area (Å²) in [5.41, 5.74) is 2.00. The van der Waals surface area contributed by atoms with Crippen molar-refractivity contribution in [2.24, 2.45) is 0 Å². The van der Waals surface area contributed by atoms with Gasteiger partial charge in [-0.2, -0.15) is 5.10 Å². The summed E-state index contributed by atoms with van der Waals surface area (Å²) in [6.45, 7) is 3.37. The van der Waals surface area contributed by atoms with Gasteiger partial charge in [-0.1, -0.05) is 0 Å². The molecule has 0 bridgehead atoms. The van der Waals surface area contributed by atoms with E-state index in [9.17, 15) is 0 Å². The highest BCUT2D eigenvalue weighted by molar-refractivity contribution is 7.71. The second-order valence-electron chi connectivity index (χ2n) is 3.57. The van der Waals surface area contributed by atoms with Gasteiger partial charge in [0.1, 0.15) is 0 Å². The Morgan fingerprint density at radius 3 is 2.94 bits per heavy atom. The Balaban J connectivity index is 2.24. The number of aromatic nitrogens is 4.